The van der Waals surface area contributed by atoms with Crippen LogP contribution in [0.4, 0.5) is 16.2 Å². The summed E-state index contributed by atoms with van der Waals surface area (Å²) in [4.78, 5) is 48.9. The van der Waals surface area contributed by atoms with Gasteiger partial charge in [0.1, 0.15) is 12.1 Å². The molecule has 0 unspecified atom stereocenters. The second-order valence-electron chi connectivity index (χ2n) is 6.42. The molecule has 10 heteroatoms. The average Bonchev–Trinajstić information content (AvgIpc) is 2.95. The largest absolute Gasteiger partial charge is 0.325 e. The summed E-state index contributed by atoms with van der Waals surface area (Å²) < 4.78 is 0. The minimum Gasteiger partial charge on any atom is -0.323 e. The maximum absolute atomic E-state index is 13.0. The van der Waals surface area contributed by atoms with Crippen molar-refractivity contribution in [2.24, 2.45) is 0 Å². The van der Waals surface area contributed by atoms with Crippen molar-refractivity contribution in [1.29, 1.82) is 0 Å². The van der Waals surface area contributed by atoms with Gasteiger partial charge in [-0.1, -0.05) is 48.9 Å². The first-order chi connectivity index (χ1) is 13.8. The van der Waals surface area contributed by atoms with Crippen molar-refractivity contribution in [1.82, 2.24) is 10.2 Å². The van der Waals surface area contributed by atoms with Crippen molar-refractivity contribution in [2.45, 2.75) is 18.9 Å². The summed E-state index contributed by atoms with van der Waals surface area (Å²) in [6.07, 6.45) is 0.302. The topological polar surface area (TPSA) is 122 Å². The molecule has 0 aliphatic carbocycles. The number of carbonyl (C=O) groups excluding carboxylic acids is 3. The Labute approximate surface area is 170 Å². The van der Waals surface area contributed by atoms with Crippen LogP contribution >= 0.6 is 11.6 Å². The first kappa shape index (κ1) is 20.3. The number of nitrogens with one attached hydrogen (secondary N) is 2. The zero-order chi connectivity index (χ0) is 21.2. The summed E-state index contributed by atoms with van der Waals surface area (Å²) in [5.74, 6) is -1.26. The molecule has 3 rings (SSSR count). The summed E-state index contributed by atoms with van der Waals surface area (Å²) in [7, 11) is 0. The van der Waals surface area contributed by atoms with Crippen LogP contribution in [0.1, 0.15) is 18.9 Å². The molecule has 2 aromatic rings. The Hall–Kier alpha value is -3.46. The molecule has 0 bridgehead atoms. The number of amides is 4. The summed E-state index contributed by atoms with van der Waals surface area (Å²) >= 11 is 5.97. The van der Waals surface area contributed by atoms with Gasteiger partial charge in [0, 0.05) is 12.1 Å². The van der Waals surface area contributed by atoms with Gasteiger partial charge in [0.2, 0.25) is 5.91 Å². The number of rotatable bonds is 6. The van der Waals surface area contributed by atoms with E-state index in [1.807, 2.05) is 0 Å². The highest BCUT2D eigenvalue weighted by molar-refractivity contribution is 6.33. The van der Waals surface area contributed by atoms with Gasteiger partial charge < -0.3 is 10.6 Å². The highest BCUT2D eigenvalue weighted by Crippen LogP contribution is 2.32. The molecule has 1 heterocycles. The first-order valence-corrected chi connectivity index (χ1v) is 9.09. The third-order valence-corrected chi connectivity index (χ3v) is 5.04. The number of nitrogens with zero attached hydrogens (tertiary/aromatic N) is 2. The zero-order valence-corrected chi connectivity index (χ0v) is 16.1. The average molecular weight is 417 g/mol. The predicted octanol–water partition coefficient (Wildman–Crippen LogP) is 3.04. The molecule has 150 valence electrons. The van der Waals surface area contributed by atoms with Crippen LogP contribution in [0, 0.1) is 10.1 Å². The Morgan fingerprint density at radius 3 is 2.55 bits per heavy atom. The second kappa shape index (κ2) is 7.88. The van der Waals surface area contributed by atoms with E-state index in [-0.39, 0.29) is 16.4 Å². The van der Waals surface area contributed by atoms with E-state index in [2.05, 4.69) is 10.6 Å². The SMILES string of the molecule is CC[C@]1(c2ccccc2)NC(=O)N(CC(=O)Nc2cc([N+](=O)[O-])ccc2Cl)C1=O. The lowest BCUT2D eigenvalue weighted by Crippen LogP contribution is -2.44. The first-order valence-electron chi connectivity index (χ1n) is 8.72. The summed E-state index contributed by atoms with van der Waals surface area (Å²) in [5, 5.41) is 16.1. The predicted molar refractivity (Wildman–Crippen MR) is 105 cm³/mol. The standard InChI is InChI=1S/C19H17ClN4O5/c1-2-19(12-6-4-3-5-7-12)17(26)23(18(27)22-19)11-16(25)21-15-10-13(24(28)29)8-9-14(15)20/h3-10H,2,11H2,1H3,(H,21,25)(H,22,27)/t19-/m1/s1. The lowest BCUT2D eigenvalue weighted by atomic mass is 9.87. The van der Waals surface area contributed by atoms with Crippen LogP contribution in [-0.2, 0) is 15.1 Å². The van der Waals surface area contributed by atoms with Gasteiger partial charge in [-0.3, -0.25) is 24.6 Å². The monoisotopic (exact) mass is 416 g/mol. The summed E-state index contributed by atoms with van der Waals surface area (Å²) in [5.41, 5.74) is -0.871. The molecule has 1 saturated heterocycles. The quantitative estimate of drug-likeness (QED) is 0.425. The van der Waals surface area contributed by atoms with E-state index in [9.17, 15) is 24.5 Å². The molecule has 1 aliphatic rings. The number of halogens is 1. The number of nitro benzene ring substituents is 1. The van der Waals surface area contributed by atoms with Gasteiger partial charge in [0.05, 0.1) is 15.6 Å². The number of urea groups is 1. The molecule has 29 heavy (non-hydrogen) atoms. The molecule has 1 atom stereocenters. The van der Waals surface area contributed by atoms with Crippen molar-refractivity contribution < 1.29 is 19.3 Å². The Kier molecular flexibility index (Phi) is 5.51. The Morgan fingerprint density at radius 2 is 1.93 bits per heavy atom. The van der Waals surface area contributed by atoms with Crippen molar-refractivity contribution in [2.75, 3.05) is 11.9 Å². The van der Waals surface area contributed by atoms with Crippen LogP contribution < -0.4 is 10.6 Å². The zero-order valence-electron chi connectivity index (χ0n) is 15.3. The third-order valence-electron chi connectivity index (χ3n) is 4.71. The van der Waals surface area contributed by atoms with E-state index in [1.54, 1.807) is 37.3 Å². The van der Waals surface area contributed by atoms with Gasteiger partial charge in [-0.15, -0.1) is 0 Å². The third kappa shape index (κ3) is 3.77. The van der Waals surface area contributed by atoms with E-state index in [0.717, 1.165) is 11.0 Å². The molecule has 2 aromatic carbocycles. The Balaban J connectivity index is 1.79. The number of anilines is 1. The number of carbonyl (C=O) groups is 3. The minimum absolute atomic E-state index is 0.0164. The molecule has 0 aromatic heterocycles. The van der Waals surface area contributed by atoms with Gasteiger partial charge in [0.15, 0.2) is 0 Å². The van der Waals surface area contributed by atoms with Crippen molar-refractivity contribution in [3.63, 3.8) is 0 Å². The maximum Gasteiger partial charge on any atom is 0.325 e. The number of hydrogen-bond acceptors (Lipinski definition) is 5. The highest BCUT2D eigenvalue weighted by Gasteiger charge is 2.51. The smallest absolute Gasteiger partial charge is 0.323 e. The number of non-ortho nitro benzene ring substituents is 1. The van der Waals surface area contributed by atoms with Crippen LogP contribution in [0.15, 0.2) is 48.5 Å². The van der Waals surface area contributed by atoms with Gasteiger partial charge in [-0.25, -0.2) is 4.79 Å². The molecule has 1 aliphatic heterocycles. The molecule has 4 amide bonds. The van der Waals surface area contributed by atoms with E-state index in [4.69, 9.17) is 11.6 Å². The normalized spacial score (nSPS) is 18.5. The number of hydrogen-bond donors (Lipinski definition) is 2. The molecule has 0 spiro atoms. The molecule has 1 fully saturated rings. The van der Waals surface area contributed by atoms with E-state index in [1.165, 1.54) is 12.1 Å². The number of benzene rings is 2. The molecular weight excluding hydrogens is 400 g/mol. The van der Waals surface area contributed by atoms with Crippen molar-refractivity contribution in [3.05, 3.63) is 69.2 Å². The molecular formula is C19H17ClN4O5. The van der Waals surface area contributed by atoms with Gasteiger partial charge in [-0.2, -0.15) is 0 Å². The van der Waals surface area contributed by atoms with E-state index in [0.29, 0.717) is 12.0 Å². The van der Waals surface area contributed by atoms with Crippen LogP contribution in [0.5, 0.6) is 0 Å². The van der Waals surface area contributed by atoms with E-state index < -0.39 is 34.9 Å². The molecule has 2 N–H and O–H groups in total. The van der Waals surface area contributed by atoms with Crippen molar-refractivity contribution >= 4 is 40.8 Å². The second-order valence-corrected chi connectivity index (χ2v) is 6.82. The minimum atomic E-state index is -1.25. The summed E-state index contributed by atoms with van der Waals surface area (Å²) in [6, 6.07) is 11.7. The summed E-state index contributed by atoms with van der Waals surface area (Å²) in [6.45, 7) is 1.20. The molecule has 0 radical (unpaired) electrons. The van der Waals surface area contributed by atoms with Gasteiger partial charge in [-0.05, 0) is 18.1 Å². The van der Waals surface area contributed by atoms with E-state index >= 15 is 0 Å². The Bertz CT molecular complexity index is 997. The molecule has 9 nitrogen and oxygen atoms in total. The number of nitro groups is 1. The van der Waals surface area contributed by atoms with Crippen LogP contribution in [0.3, 0.4) is 0 Å². The van der Waals surface area contributed by atoms with Crippen LogP contribution in [0.2, 0.25) is 5.02 Å². The van der Waals surface area contributed by atoms with Crippen LogP contribution in [-0.4, -0.2) is 34.2 Å². The van der Waals surface area contributed by atoms with Crippen LogP contribution in [0.25, 0.3) is 0 Å². The Morgan fingerprint density at radius 1 is 1.24 bits per heavy atom. The van der Waals surface area contributed by atoms with Crippen molar-refractivity contribution in [3.8, 4) is 0 Å². The maximum atomic E-state index is 13.0. The lowest BCUT2D eigenvalue weighted by Gasteiger charge is -2.25. The lowest BCUT2D eigenvalue weighted by molar-refractivity contribution is -0.384. The fourth-order valence-electron chi connectivity index (χ4n) is 3.19. The molecule has 0 saturated carbocycles. The van der Waals surface area contributed by atoms with Gasteiger partial charge >= 0.3 is 6.03 Å². The number of imide groups is 1. The van der Waals surface area contributed by atoms with Gasteiger partial charge in [0.25, 0.3) is 11.6 Å². The fraction of sp³-hybridized carbons (Fsp3) is 0.211. The highest BCUT2D eigenvalue weighted by atomic mass is 35.5. The fourth-order valence-corrected chi connectivity index (χ4v) is 3.35.